The molecule has 0 aromatic carbocycles. The fraction of sp³-hybridized carbons (Fsp3) is 0.200. The van der Waals surface area contributed by atoms with Crippen LogP contribution in [0.5, 0.6) is 0 Å². The summed E-state index contributed by atoms with van der Waals surface area (Å²) >= 11 is 1.65. The van der Waals surface area contributed by atoms with Crippen molar-refractivity contribution < 1.29 is 0 Å². The van der Waals surface area contributed by atoms with Crippen LogP contribution in [0, 0.1) is 0 Å². The Balaban J connectivity index is 1.59. The molecule has 3 aromatic rings. The maximum Gasteiger partial charge on any atom is 0.191 e. The standard InChI is InChI=1S/C15H15N5S/c1-3-8-16-13(5-1)7-10-20-12-18-19-15(20)21-11-14-6-2-4-9-17-14/h1-6,8-9,12H,7,10-11H2. The van der Waals surface area contributed by atoms with Gasteiger partial charge in [-0.15, -0.1) is 10.2 Å². The van der Waals surface area contributed by atoms with E-state index in [9.17, 15) is 0 Å². The molecule has 0 fully saturated rings. The van der Waals surface area contributed by atoms with Gasteiger partial charge >= 0.3 is 0 Å². The molecule has 0 saturated heterocycles. The maximum atomic E-state index is 4.33. The first-order valence-corrected chi connectivity index (χ1v) is 7.71. The molecule has 0 atom stereocenters. The van der Waals surface area contributed by atoms with Crippen LogP contribution in [0.4, 0.5) is 0 Å². The van der Waals surface area contributed by atoms with Crippen molar-refractivity contribution in [2.45, 2.75) is 23.9 Å². The third-order valence-electron chi connectivity index (χ3n) is 2.99. The van der Waals surface area contributed by atoms with Gasteiger partial charge in [-0.1, -0.05) is 23.9 Å². The highest BCUT2D eigenvalue weighted by atomic mass is 32.2. The third kappa shape index (κ3) is 3.88. The Morgan fingerprint density at radius 2 is 1.71 bits per heavy atom. The molecule has 0 unspecified atom stereocenters. The molecule has 6 heteroatoms. The average molecular weight is 297 g/mol. The van der Waals surface area contributed by atoms with Gasteiger partial charge in [0.1, 0.15) is 6.33 Å². The molecule has 3 heterocycles. The van der Waals surface area contributed by atoms with Crippen molar-refractivity contribution in [1.82, 2.24) is 24.7 Å². The summed E-state index contributed by atoms with van der Waals surface area (Å²) in [6.45, 7) is 0.828. The number of thioether (sulfide) groups is 1. The smallest absolute Gasteiger partial charge is 0.191 e. The molecule has 0 aliphatic carbocycles. The number of pyridine rings is 2. The summed E-state index contributed by atoms with van der Waals surface area (Å²) in [6, 6.07) is 11.9. The van der Waals surface area contributed by atoms with Crippen LogP contribution >= 0.6 is 11.8 Å². The third-order valence-corrected chi connectivity index (χ3v) is 4.00. The SMILES string of the molecule is c1ccc(CCn2cnnc2SCc2ccccn2)nc1. The van der Waals surface area contributed by atoms with Crippen molar-refractivity contribution in [1.29, 1.82) is 0 Å². The lowest BCUT2D eigenvalue weighted by molar-refractivity contribution is 0.626. The predicted octanol–water partition coefficient (Wildman–Crippen LogP) is 2.60. The second-order valence-corrected chi connectivity index (χ2v) is 5.43. The molecule has 3 rings (SSSR count). The fourth-order valence-electron chi connectivity index (χ4n) is 1.91. The summed E-state index contributed by atoms with van der Waals surface area (Å²) in [7, 11) is 0. The Morgan fingerprint density at radius 1 is 0.952 bits per heavy atom. The quantitative estimate of drug-likeness (QED) is 0.655. The minimum Gasteiger partial charge on any atom is -0.308 e. The topological polar surface area (TPSA) is 56.5 Å². The minimum atomic E-state index is 0.795. The molecule has 0 amide bonds. The summed E-state index contributed by atoms with van der Waals surface area (Å²) in [5.74, 6) is 0.795. The molecule has 0 radical (unpaired) electrons. The zero-order valence-corrected chi connectivity index (χ0v) is 12.3. The Kier molecular flexibility index (Phi) is 4.58. The van der Waals surface area contributed by atoms with E-state index in [1.807, 2.05) is 48.8 Å². The van der Waals surface area contributed by atoms with Crippen LogP contribution in [0.15, 0.2) is 60.3 Å². The molecular weight excluding hydrogens is 282 g/mol. The highest BCUT2D eigenvalue weighted by Gasteiger charge is 2.06. The van der Waals surface area contributed by atoms with Gasteiger partial charge in [0.05, 0.1) is 5.69 Å². The van der Waals surface area contributed by atoms with E-state index in [1.165, 1.54) is 0 Å². The first-order valence-electron chi connectivity index (χ1n) is 6.72. The van der Waals surface area contributed by atoms with Crippen LogP contribution in [0.25, 0.3) is 0 Å². The van der Waals surface area contributed by atoms with E-state index in [1.54, 1.807) is 18.1 Å². The Bertz CT molecular complexity index is 611. The number of aromatic nitrogens is 5. The summed E-state index contributed by atoms with van der Waals surface area (Å²) in [4.78, 5) is 8.64. The predicted molar refractivity (Wildman–Crippen MR) is 81.8 cm³/mol. The molecule has 0 N–H and O–H groups in total. The van der Waals surface area contributed by atoms with Crippen LogP contribution < -0.4 is 0 Å². The van der Waals surface area contributed by atoms with Crippen LogP contribution in [0.2, 0.25) is 0 Å². The van der Waals surface area contributed by atoms with Crippen molar-refractivity contribution in [3.63, 3.8) is 0 Å². The van der Waals surface area contributed by atoms with Crippen LogP contribution in [0.3, 0.4) is 0 Å². The van der Waals surface area contributed by atoms with Gasteiger partial charge in [0, 0.05) is 36.8 Å². The van der Waals surface area contributed by atoms with E-state index in [2.05, 4.69) is 24.7 Å². The molecule has 3 aromatic heterocycles. The fourth-order valence-corrected chi connectivity index (χ4v) is 2.77. The monoisotopic (exact) mass is 297 g/mol. The molecule has 106 valence electrons. The lowest BCUT2D eigenvalue weighted by Gasteiger charge is -2.05. The van der Waals surface area contributed by atoms with Crippen molar-refractivity contribution in [2.75, 3.05) is 0 Å². The van der Waals surface area contributed by atoms with Crippen LogP contribution in [-0.2, 0) is 18.7 Å². The number of rotatable bonds is 6. The summed E-state index contributed by atoms with van der Waals surface area (Å²) in [5, 5.41) is 9.08. The van der Waals surface area contributed by atoms with E-state index in [0.29, 0.717) is 0 Å². The van der Waals surface area contributed by atoms with Gasteiger partial charge in [0.2, 0.25) is 0 Å². The minimum absolute atomic E-state index is 0.795. The second kappa shape index (κ2) is 6.99. The van der Waals surface area contributed by atoms with Crippen LogP contribution in [0.1, 0.15) is 11.4 Å². The van der Waals surface area contributed by atoms with Gasteiger partial charge in [0.15, 0.2) is 5.16 Å². The number of nitrogens with zero attached hydrogens (tertiary/aromatic N) is 5. The van der Waals surface area contributed by atoms with E-state index in [-0.39, 0.29) is 0 Å². The first-order chi connectivity index (χ1) is 10.4. The lowest BCUT2D eigenvalue weighted by Crippen LogP contribution is -2.03. The summed E-state index contributed by atoms with van der Waals surface area (Å²) < 4.78 is 2.06. The van der Waals surface area contributed by atoms with Gasteiger partial charge in [0.25, 0.3) is 0 Å². The van der Waals surface area contributed by atoms with E-state index < -0.39 is 0 Å². The van der Waals surface area contributed by atoms with Crippen LogP contribution in [-0.4, -0.2) is 24.7 Å². The normalized spacial score (nSPS) is 10.7. The average Bonchev–Trinajstić information content (AvgIpc) is 3.00. The molecule has 0 bridgehead atoms. The summed E-state index contributed by atoms with van der Waals surface area (Å²) in [5.41, 5.74) is 2.12. The van der Waals surface area contributed by atoms with Gasteiger partial charge in [-0.05, 0) is 24.3 Å². The first kappa shape index (κ1) is 13.8. The van der Waals surface area contributed by atoms with Crippen molar-refractivity contribution in [3.05, 3.63) is 66.5 Å². The molecule has 0 spiro atoms. The van der Waals surface area contributed by atoms with E-state index in [0.717, 1.165) is 35.3 Å². The summed E-state index contributed by atoms with van der Waals surface area (Å²) in [6.07, 6.45) is 6.26. The second-order valence-electron chi connectivity index (χ2n) is 4.49. The zero-order valence-electron chi connectivity index (χ0n) is 11.5. The lowest BCUT2D eigenvalue weighted by atomic mass is 10.3. The largest absolute Gasteiger partial charge is 0.308 e. The Morgan fingerprint density at radius 3 is 2.43 bits per heavy atom. The van der Waals surface area contributed by atoms with Gasteiger partial charge in [-0.2, -0.15) is 0 Å². The molecular formula is C15H15N5S. The van der Waals surface area contributed by atoms with Gasteiger partial charge in [-0.3, -0.25) is 9.97 Å². The van der Waals surface area contributed by atoms with Gasteiger partial charge in [-0.25, -0.2) is 0 Å². The highest BCUT2D eigenvalue weighted by molar-refractivity contribution is 7.98. The molecule has 5 nitrogen and oxygen atoms in total. The van der Waals surface area contributed by atoms with Crippen molar-refractivity contribution in [3.8, 4) is 0 Å². The molecule has 21 heavy (non-hydrogen) atoms. The number of hydrogen-bond donors (Lipinski definition) is 0. The number of aryl methyl sites for hydroxylation is 2. The van der Waals surface area contributed by atoms with E-state index in [4.69, 9.17) is 0 Å². The molecule has 0 aliphatic rings. The van der Waals surface area contributed by atoms with Crippen molar-refractivity contribution >= 4 is 11.8 Å². The maximum absolute atomic E-state index is 4.33. The Labute approximate surface area is 127 Å². The van der Waals surface area contributed by atoms with Crippen molar-refractivity contribution in [2.24, 2.45) is 0 Å². The molecule has 0 aliphatic heterocycles. The van der Waals surface area contributed by atoms with Gasteiger partial charge < -0.3 is 4.57 Å². The molecule has 0 saturated carbocycles. The Hall–Kier alpha value is -2.21. The highest BCUT2D eigenvalue weighted by Crippen LogP contribution is 2.19. The van der Waals surface area contributed by atoms with E-state index >= 15 is 0 Å². The number of hydrogen-bond acceptors (Lipinski definition) is 5. The zero-order chi connectivity index (χ0) is 14.3.